The first-order chi connectivity index (χ1) is 12.0. The maximum atomic E-state index is 12.1. The summed E-state index contributed by atoms with van der Waals surface area (Å²) >= 11 is 0. The normalized spacial score (nSPS) is 19.9. The molecule has 1 aliphatic heterocycles. The molecule has 1 aliphatic rings. The first-order valence-corrected chi connectivity index (χ1v) is 7.55. The molecule has 7 heteroatoms. The van der Waals surface area contributed by atoms with E-state index in [1.807, 2.05) is 18.2 Å². The summed E-state index contributed by atoms with van der Waals surface area (Å²) in [5.41, 5.74) is 2.33. The van der Waals surface area contributed by atoms with Crippen molar-refractivity contribution in [2.75, 3.05) is 0 Å². The van der Waals surface area contributed by atoms with Crippen molar-refractivity contribution in [3.05, 3.63) is 54.2 Å². The van der Waals surface area contributed by atoms with E-state index in [-0.39, 0.29) is 0 Å². The average molecular weight is 334 g/mol. The second-order valence-electron chi connectivity index (χ2n) is 5.58. The molecule has 2 unspecified atom stereocenters. The third-order valence-corrected chi connectivity index (χ3v) is 4.06. The Kier molecular flexibility index (Phi) is 4.27. The fourth-order valence-electron chi connectivity index (χ4n) is 2.89. The first-order valence-electron chi connectivity index (χ1n) is 7.55. The second kappa shape index (κ2) is 6.53. The van der Waals surface area contributed by atoms with E-state index in [2.05, 4.69) is 16.0 Å². The highest BCUT2D eigenvalue weighted by Crippen LogP contribution is 2.35. The van der Waals surface area contributed by atoms with Crippen molar-refractivity contribution >= 4 is 17.8 Å². The van der Waals surface area contributed by atoms with Crippen LogP contribution in [0.3, 0.4) is 0 Å². The highest BCUT2D eigenvalue weighted by Gasteiger charge is 2.42. The van der Waals surface area contributed by atoms with Gasteiger partial charge in [-0.1, -0.05) is 24.3 Å². The highest BCUT2D eigenvalue weighted by atomic mass is 16.4. The molecule has 2 aromatic rings. The summed E-state index contributed by atoms with van der Waals surface area (Å²) in [5, 5.41) is 18.9. The summed E-state index contributed by atoms with van der Waals surface area (Å²) in [6, 6.07) is 12.7. The van der Waals surface area contributed by atoms with Crippen LogP contribution in [0.4, 0.5) is 9.59 Å². The number of hydrogen-bond acceptors (Lipinski definition) is 4. The molecule has 124 valence electrons. The maximum Gasteiger partial charge on any atom is 0.416 e. The van der Waals surface area contributed by atoms with Crippen LogP contribution < -0.4 is 0 Å². The lowest BCUT2D eigenvalue weighted by Gasteiger charge is -2.33. The van der Waals surface area contributed by atoms with Gasteiger partial charge < -0.3 is 5.11 Å². The molecule has 1 N–H and O–H groups in total. The molecule has 3 amide bonds. The van der Waals surface area contributed by atoms with Crippen LogP contribution in [-0.4, -0.2) is 32.8 Å². The van der Waals surface area contributed by atoms with Crippen LogP contribution in [-0.2, 0) is 0 Å². The minimum atomic E-state index is -1.44. The van der Waals surface area contributed by atoms with Gasteiger partial charge in [-0.3, -0.25) is 4.98 Å². The summed E-state index contributed by atoms with van der Waals surface area (Å²) in [4.78, 5) is 32.2. The number of hydrogen-bond donors (Lipinski definition) is 1. The van der Waals surface area contributed by atoms with E-state index in [9.17, 15) is 20.0 Å². The van der Waals surface area contributed by atoms with E-state index in [0.29, 0.717) is 21.9 Å². The minimum Gasteiger partial charge on any atom is -0.465 e. The fourth-order valence-corrected chi connectivity index (χ4v) is 2.89. The smallest absolute Gasteiger partial charge is 0.416 e. The van der Waals surface area contributed by atoms with Gasteiger partial charge in [0.2, 0.25) is 0 Å². The van der Waals surface area contributed by atoms with E-state index in [1.165, 1.54) is 0 Å². The van der Waals surface area contributed by atoms with Crippen LogP contribution in [0.15, 0.2) is 53.7 Å². The van der Waals surface area contributed by atoms with Gasteiger partial charge >= 0.3 is 12.1 Å². The summed E-state index contributed by atoms with van der Waals surface area (Å²) in [6.07, 6.45) is 0.222. The Labute approximate surface area is 143 Å². The third-order valence-electron chi connectivity index (χ3n) is 4.06. The predicted octanol–water partition coefficient (Wildman–Crippen LogP) is 3.50. The van der Waals surface area contributed by atoms with E-state index >= 15 is 0 Å². The molecular weight excluding hydrogens is 320 g/mol. The predicted molar refractivity (Wildman–Crippen MR) is 89.9 cm³/mol. The Morgan fingerprint density at radius 3 is 2.72 bits per heavy atom. The second-order valence-corrected chi connectivity index (χ2v) is 5.58. The molecule has 25 heavy (non-hydrogen) atoms. The number of amides is 3. The Balaban J connectivity index is 2.12. The molecule has 3 rings (SSSR count). The standard InChI is InChI=1S/C18H14N4O3/c1-11-14(10-19)16(22(18(24)25)17(23)21-11)13-6-4-5-12(9-13)15-7-2-3-8-20-15/h2-9,14,16H,1H3,(H,24,25). The molecule has 2 atom stereocenters. The van der Waals surface area contributed by atoms with Crippen LogP contribution in [0.1, 0.15) is 18.5 Å². The Morgan fingerprint density at radius 1 is 1.28 bits per heavy atom. The quantitative estimate of drug-likeness (QED) is 0.904. The summed E-state index contributed by atoms with van der Waals surface area (Å²) in [6.45, 7) is 1.56. The lowest BCUT2D eigenvalue weighted by molar-refractivity contribution is 0.129. The first kappa shape index (κ1) is 16.3. The van der Waals surface area contributed by atoms with Crippen LogP contribution in [0, 0.1) is 17.2 Å². The molecule has 0 saturated carbocycles. The van der Waals surface area contributed by atoms with E-state index in [0.717, 1.165) is 5.56 Å². The summed E-state index contributed by atoms with van der Waals surface area (Å²) in [5.74, 6) is -0.840. The van der Waals surface area contributed by atoms with Gasteiger partial charge in [0, 0.05) is 17.5 Å². The van der Waals surface area contributed by atoms with E-state index < -0.39 is 24.1 Å². The Morgan fingerprint density at radius 2 is 2.08 bits per heavy atom. The van der Waals surface area contributed by atoms with Crippen molar-refractivity contribution in [1.29, 1.82) is 5.26 Å². The zero-order valence-corrected chi connectivity index (χ0v) is 13.3. The zero-order chi connectivity index (χ0) is 18.0. The number of carbonyl (C=O) groups is 2. The van der Waals surface area contributed by atoms with Gasteiger partial charge in [-0.05, 0) is 30.7 Å². The minimum absolute atomic E-state index is 0.304. The van der Waals surface area contributed by atoms with Gasteiger partial charge in [0.1, 0.15) is 5.92 Å². The molecule has 0 aliphatic carbocycles. The number of imide groups is 1. The number of urea groups is 1. The largest absolute Gasteiger partial charge is 0.465 e. The van der Waals surface area contributed by atoms with Gasteiger partial charge in [0.05, 0.1) is 17.8 Å². The van der Waals surface area contributed by atoms with Crippen molar-refractivity contribution in [2.45, 2.75) is 13.0 Å². The van der Waals surface area contributed by atoms with Crippen molar-refractivity contribution in [3.63, 3.8) is 0 Å². The van der Waals surface area contributed by atoms with Crippen LogP contribution in [0.2, 0.25) is 0 Å². The van der Waals surface area contributed by atoms with Crippen molar-refractivity contribution in [3.8, 4) is 17.3 Å². The number of benzene rings is 1. The fraction of sp³-hybridized carbons (Fsp3) is 0.167. The van der Waals surface area contributed by atoms with E-state index in [1.54, 1.807) is 37.4 Å². The van der Waals surface area contributed by atoms with Crippen LogP contribution in [0.5, 0.6) is 0 Å². The number of carbonyl (C=O) groups excluding carboxylic acids is 1. The molecule has 0 spiro atoms. The third kappa shape index (κ3) is 2.97. The monoisotopic (exact) mass is 334 g/mol. The lowest BCUT2D eigenvalue weighted by atomic mass is 9.87. The number of nitrogens with zero attached hydrogens (tertiary/aromatic N) is 4. The van der Waals surface area contributed by atoms with Crippen LogP contribution in [0.25, 0.3) is 11.3 Å². The molecule has 0 saturated heterocycles. The van der Waals surface area contributed by atoms with Gasteiger partial charge in [0.25, 0.3) is 0 Å². The molecule has 0 bridgehead atoms. The average Bonchev–Trinajstić information content (AvgIpc) is 2.61. The van der Waals surface area contributed by atoms with Crippen molar-refractivity contribution in [1.82, 2.24) is 9.88 Å². The number of rotatable bonds is 2. The number of carboxylic acid groups (broad SMARTS) is 1. The molecule has 7 nitrogen and oxygen atoms in total. The molecular formula is C18H14N4O3. The summed E-state index contributed by atoms with van der Waals surface area (Å²) in [7, 11) is 0. The number of pyridine rings is 1. The molecule has 2 heterocycles. The van der Waals surface area contributed by atoms with Gasteiger partial charge in [-0.15, -0.1) is 0 Å². The molecule has 0 radical (unpaired) electrons. The number of nitriles is 1. The topological polar surface area (TPSA) is 107 Å². The Hall–Kier alpha value is -3.53. The van der Waals surface area contributed by atoms with Crippen molar-refractivity contribution < 1.29 is 14.7 Å². The highest BCUT2D eigenvalue weighted by molar-refractivity contribution is 6.04. The van der Waals surface area contributed by atoms with Crippen molar-refractivity contribution in [2.24, 2.45) is 10.9 Å². The van der Waals surface area contributed by atoms with Crippen LogP contribution >= 0.6 is 0 Å². The zero-order valence-electron chi connectivity index (χ0n) is 13.3. The van der Waals surface area contributed by atoms with Gasteiger partial charge in [-0.2, -0.15) is 5.26 Å². The van der Waals surface area contributed by atoms with Gasteiger partial charge in [0.15, 0.2) is 0 Å². The molecule has 0 fully saturated rings. The van der Waals surface area contributed by atoms with E-state index in [4.69, 9.17) is 0 Å². The number of aromatic nitrogens is 1. The Bertz CT molecular complexity index is 902. The SMILES string of the molecule is CC1=NC(=O)N(C(=O)O)C(c2cccc(-c3ccccn3)c2)C1C#N. The summed E-state index contributed by atoms with van der Waals surface area (Å²) < 4.78 is 0. The van der Waals surface area contributed by atoms with Gasteiger partial charge in [-0.25, -0.2) is 19.5 Å². The lowest BCUT2D eigenvalue weighted by Crippen LogP contribution is -2.46. The maximum absolute atomic E-state index is 12.1. The number of aliphatic imine (C=N–C) groups is 1. The molecule has 1 aromatic carbocycles. The molecule has 1 aromatic heterocycles.